The highest BCUT2D eigenvalue weighted by Gasteiger charge is 2.23. The average Bonchev–Trinajstić information content (AvgIpc) is 2.94. The lowest BCUT2D eigenvalue weighted by Crippen LogP contribution is -2.49. The predicted molar refractivity (Wildman–Crippen MR) is 115 cm³/mol. The quantitative estimate of drug-likeness (QED) is 0.820. The van der Waals surface area contributed by atoms with Crippen LogP contribution in [0.5, 0.6) is 5.75 Å². The van der Waals surface area contributed by atoms with Crippen LogP contribution in [-0.4, -0.2) is 66.7 Å². The van der Waals surface area contributed by atoms with Crippen molar-refractivity contribution in [2.75, 3.05) is 50.4 Å². The maximum Gasteiger partial charge on any atom is 0.254 e. The lowest BCUT2D eigenvalue weighted by molar-refractivity contribution is -0.115. The third kappa shape index (κ3) is 5.10. The van der Waals surface area contributed by atoms with Gasteiger partial charge in [-0.15, -0.1) is 11.8 Å². The first-order chi connectivity index (χ1) is 14.2. The zero-order chi connectivity index (χ0) is 20.1. The lowest BCUT2D eigenvalue weighted by atomic mass is 10.1. The number of carbonyl (C=O) groups is 2. The van der Waals surface area contributed by atoms with Gasteiger partial charge >= 0.3 is 0 Å². The first-order valence-electron chi connectivity index (χ1n) is 9.95. The van der Waals surface area contributed by atoms with Gasteiger partial charge in [-0.05, 0) is 30.3 Å². The summed E-state index contributed by atoms with van der Waals surface area (Å²) in [6.45, 7) is 4.55. The van der Waals surface area contributed by atoms with Gasteiger partial charge in [-0.25, -0.2) is 0 Å². The molecule has 2 amide bonds. The summed E-state index contributed by atoms with van der Waals surface area (Å²) in [7, 11) is 0. The van der Waals surface area contributed by atoms with Crippen LogP contribution in [0.3, 0.4) is 0 Å². The van der Waals surface area contributed by atoms with E-state index in [1.165, 1.54) is 0 Å². The smallest absolute Gasteiger partial charge is 0.254 e. The number of piperazine rings is 1. The van der Waals surface area contributed by atoms with Crippen molar-refractivity contribution in [1.82, 2.24) is 9.80 Å². The molecule has 0 atom stereocenters. The number of thioether (sulfide) groups is 1. The van der Waals surface area contributed by atoms with Gasteiger partial charge in [0.15, 0.2) is 0 Å². The molecule has 4 rings (SSSR count). The van der Waals surface area contributed by atoms with Crippen molar-refractivity contribution < 1.29 is 14.3 Å². The molecule has 0 radical (unpaired) electrons. The van der Waals surface area contributed by atoms with E-state index in [4.69, 9.17) is 4.74 Å². The average molecular weight is 412 g/mol. The molecule has 2 heterocycles. The van der Waals surface area contributed by atoms with Crippen molar-refractivity contribution in [3.8, 4) is 5.75 Å². The predicted octanol–water partition coefficient (Wildman–Crippen LogP) is 2.96. The second kappa shape index (κ2) is 9.33. The Labute approximate surface area is 175 Å². The molecule has 2 aliphatic rings. The Balaban J connectivity index is 1.28. The van der Waals surface area contributed by atoms with Gasteiger partial charge in [0.1, 0.15) is 12.4 Å². The van der Waals surface area contributed by atoms with Crippen molar-refractivity contribution in [2.24, 2.45) is 0 Å². The molecule has 1 fully saturated rings. The van der Waals surface area contributed by atoms with Gasteiger partial charge in [-0.2, -0.15) is 0 Å². The van der Waals surface area contributed by atoms with Gasteiger partial charge < -0.3 is 15.0 Å². The monoisotopic (exact) mass is 411 g/mol. The molecule has 0 bridgehead atoms. The first kappa shape index (κ1) is 19.8. The third-order valence-corrected chi connectivity index (χ3v) is 6.24. The summed E-state index contributed by atoms with van der Waals surface area (Å²) < 4.78 is 5.77. The maximum absolute atomic E-state index is 12.9. The van der Waals surface area contributed by atoms with Crippen LogP contribution in [0.1, 0.15) is 16.8 Å². The summed E-state index contributed by atoms with van der Waals surface area (Å²) in [5.74, 6) is 1.68. The van der Waals surface area contributed by atoms with Crippen molar-refractivity contribution >= 4 is 29.3 Å². The molecule has 152 valence electrons. The highest BCUT2D eigenvalue weighted by molar-refractivity contribution is 7.99. The van der Waals surface area contributed by atoms with Gasteiger partial charge in [-0.3, -0.25) is 14.5 Å². The Hall–Kier alpha value is -2.51. The van der Waals surface area contributed by atoms with E-state index in [0.717, 1.165) is 41.7 Å². The molecule has 2 aromatic carbocycles. The molecule has 0 aromatic heterocycles. The number of hydrogen-bond donors (Lipinski definition) is 1. The van der Waals surface area contributed by atoms with Crippen LogP contribution in [0.2, 0.25) is 0 Å². The van der Waals surface area contributed by atoms with E-state index in [1.807, 2.05) is 53.4 Å². The van der Waals surface area contributed by atoms with Crippen molar-refractivity contribution in [3.63, 3.8) is 0 Å². The minimum absolute atomic E-state index is 0.00665. The first-order valence-corrected chi connectivity index (χ1v) is 10.9. The van der Waals surface area contributed by atoms with E-state index < -0.39 is 0 Å². The Morgan fingerprint density at radius 2 is 1.86 bits per heavy atom. The molecule has 2 aliphatic heterocycles. The zero-order valence-electron chi connectivity index (χ0n) is 16.3. The molecule has 0 unspecified atom stereocenters. The van der Waals surface area contributed by atoms with Crippen molar-refractivity contribution in [1.29, 1.82) is 0 Å². The molecule has 0 aliphatic carbocycles. The summed E-state index contributed by atoms with van der Waals surface area (Å²) in [4.78, 5) is 30.0. The number of fused-ring (bicyclic) bond motifs is 1. The van der Waals surface area contributed by atoms with Crippen LogP contribution in [0.25, 0.3) is 0 Å². The van der Waals surface area contributed by atoms with Gasteiger partial charge in [0, 0.05) is 55.4 Å². The van der Waals surface area contributed by atoms with Crippen molar-refractivity contribution in [2.45, 2.75) is 11.3 Å². The SMILES string of the molecule is O=C1CCSc2ccc(C(=O)N3CCN(CCOc4ccccc4)CC3)cc2N1. The van der Waals surface area contributed by atoms with Crippen molar-refractivity contribution in [3.05, 3.63) is 54.1 Å². The Morgan fingerprint density at radius 3 is 2.66 bits per heavy atom. The fourth-order valence-corrected chi connectivity index (χ4v) is 4.46. The minimum atomic E-state index is 0.00665. The Bertz CT molecular complexity index is 867. The molecule has 6 nitrogen and oxygen atoms in total. The summed E-state index contributed by atoms with van der Waals surface area (Å²) in [5, 5.41) is 2.91. The van der Waals surface area contributed by atoms with Crippen LogP contribution in [0.4, 0.5) is 5.69 Å². The van der Waals surface area contributed by atoms with Crippen LogP contribution in [0, 0.1) is 0 Å². The van der Waals surface area contributed by atoms with Gasteiger partial charge in [-0.1, -0.05) is 18.2 Å². The van der Waals surface area contributed by atoms with E-state index in [0.29, 0.717) is 31.7 Å². The highest BCUT2D eigenvalue weighted by atomic mass is 32.2. The fourth-order valence-electron chi connectivity index (χ4n) is 3.52. The highest BCUT2D eigenvalue weighted by Crippen LogP contribution is 2.31. The number of ether oxygens (including phenoxy) is 1. The summed E-state index contributed by atoms with van der Waals surface area (Å²) >= 11 is 1.65. The molecule has 1 N–H and O–H groups in total. The normalized spacial score (nSPS) is 17.2. The number of hydrogen-bond acceptors (Lipinski definition) is 5. The molecule has 2 aromatic rings. The molecular weight excluding hydrogens is 386 g/mol. The van der Waals surface area contributed by atoms with Gasteiger partial charge in [0.05, 0.1) is 5.69 Å². The number of benzene rings is 2. The molecular formula is C22H25N3O3S. The lowest BCUT2D eigenvalue weighted by Gasteiger charge is -2.34. The molecule has 29 heavy (non-hydrogen) atoms. The number of nitrogens with zero attached hydrogens (tertiary/aromatic N) is 2. The topological polar surface area (TPSA) is 61.9 Å². The second-order valence-corrected chi connectivity index (χ2v) is 8.29. The number of carbonyl (C=O) groups excluding carboxylic acids is 2. The number of nitrogens with one attached hydrogen (secondary N) is 1. The number of anilines is 1. The molecule has 0 saturated carbocycles. The van der Waals surface area contributed by atoms with E-state index in [9.17, 15) is 9.59 Å². The van der Waals surface area contributed by atoms with E-state index in [2.05, 4.69) is 10.2 Å². The van der Waals surface area contributed by atoms with Crippen LogP contribution < -0.4 is 10.1 Å². The molecule has 1 saturated heterocycles. The number of para-hydroxylation sites is 1. The fraction of sp³-hybridized carbons (Fsp3) is 0.364. The van der Waals surface area contributed by atoms with E-state index in [1.54, 1.807) is 11.8 Å². The van der Waals surface area contributed by atoms with Crippen LogP contribution in [-0.2, 0) is 4.79 Å². The molecule has 0 spiro atoms. The Morgan fingerprint density at radius 1 is 1.07 bits per heavy atom. The van der Waals surface area contributed by atoms with Gasteiger partial charge in [0.2, 0.25) is 5.91 Å². The molecule has 7 heteroatoms. The van der Waals surface area contributed by atoms with Crippen LogP contribution in [0.15, 0.2) is 53.4 Å². The third-order valence-electron chi connectivity index (χ3n) is 5.17. The van der Waals surface area contributed by atoms with E-state index in [-0.39, 0.29) is 11.8 Å². The summed E-state index contributed by atoms with van der Waals surface area (Å²) in [6.07, 6.45) is 0.499. The van der Waals surface area contributed by atoms with E-state index >= 15 is 0 Å². The Kier molecular flexibility index (Phi) is 6.36. The summed E-state index contributed by atoms with van der Waals surface area (Å²) in [5.41, 5.74) is 1.38. The zero-order valence-corrected chi connectivity index (χ0v) is 17.1. The minimum Gasteiger partial charge on any atom is -0.492 e. The number of rotatable bonds is 5. The second-order valence-electron chi connectivity index (χ2n) is 7.15. The number of amides is 2. The van der Waals surface area contributed by atoms with Gasteiger partial charge in [0.25, 0.3) is 5.91 Å². The largest absolute Gasteiger partial charge is 0.492 e. The standard InChI is InChI=1S/C22H25N3O3S/c26-21-8-15-29-20-7-6-17(16-19(20)23-21)22(27)25-11-9-24(10-12-25)13-14-28-18-4-2-1-3-5-18/h1-7,16H,8-15H2,(H,23,26). The maximum atomic E-state index is 12.9. The summed E-state index contributed by atoms with van der Waals surface area (Å²) in [6, 6.07) is 15.4. The van der Waals surface area contributed by atoms with Crippen LogP contribution >= 0.6 is 11.8 Å².